The van der Waals surface area contributed by atoms with Gasteiger partial charge in [0, 0.05) is 44.3 Å². The van der Waals surface area contributed by atoms with E-state index in [9.17, 15) is 5.11 Å². The van der Waals surface area contributed by atoms with Crippen molar-refractivity contribution in [2.45, 2.75) is 0 Å². The Hall–Kier alpha value is -3.82. The van der Waals surface area contributed by atoms with Crippen molar-refractivity contribution in [1.82, 2.24) is 15.0 Å². The zero-order chi connectivity index (χ0) is 21.8. The molecule has 0 aliphatic rings. The molecule has 0 atom stereocenters. The van der Waals surface area contributed by atoms with E-state index in [-0.39, 0.29) is 26.8 Å². The van der Waals surface area contributed by atoms with E-state index in [1.165, 1.54) is 0 Å². The molecule has 0 aliphatic carbocycles. The summed E-state index contributed by atoms with van der Waals surface area (Å²) in [4.78, 5) is 15.9. The first-order valence-corrected chi connectivity index (χ1v) is 10.2. The molecule has 5 aromatic rings. The molecule has 1 N–H and O–H groups in total. The Labute approximate surface area is 206 Å². The summed E-state index contributed by atoms with van der Waals surface area (Å²) in [6.45, 7) is 0. The Balaban J connectivity index is 0.00000259. The number of phenolic OH excluding ortho intramolecular Hbond substituents is 1. The number of pyridine rings is 3. The number of hydrogen-bond donors (Lipinski definition) is 1. The summed E-state index contributed by atoms with van der Waals surface area (Å²) in [6, 6.07) is 33.9. The van der Waals surface area contributed by atoms with Gasteiger partial charge in [0.25, 0.3) is 0 Å². The van der Waals surface area contributed by atoms with Gasteiger partial charge in [-0.25, -0.2) is 4.98 Å². The van der Waals surface area contributed by atoms with Gasteiger partial charge in [-0.2, -0.15) is 0 Å². The molecule has 0 bridgehead atoms. The van der Waals surface area contributed by atoms with Crippen LogP contribution >= 0.6 is 0 Å². The van der Waals surface area contributed by atoms with Crippen LogP contribution in [0.25, 0.3) is 22.5 Å². The number of benzene rings is 2. The van der Waals surface area contributed by atoms with Crippen molar-refractivity contribution in [3.05, 3.63) is 116 Å². The standard InChI is InChI=1S/C27H19N4O.Pt/c32-25-13-5-4-11-22(25)20-16-18-28-24(19-20)23-12-8-15-27(30-23)31(21-9-2-1-3-10-21)26-14-6-7-17-29-26;/h1-18,32H;/q-1;. The predicted octanol–water partition coefficient (Wildman–Crippen LogP) is 6.18. The average Bonchev–Trinajstić information content (AvgIpc) is 2.86. The Morgan fingerprint density at radius 2 is 1.42 bits per heavy atom. The molecular weight excluding hydrogens is 591 g/mol. The molecule has 3 heterocycles. The van der Waals surface area contributed by atoms with Crippen molar-refractivity contribution in [2.24, 2.45) is 0 Å². The first kappa shape index (κ1) is 22.4. The molecule has 0 saturated carbocycles. The zero-order valence-electron chi connectivity index (χ0n) is 17.4. The maximum atomic E-state index is 10.2. The molecule has 0 fully saturated rings. The second kappa shape index (κ2) is 10.2. The fourth-order valence-corrected chi connectivity index (χ4v) is 3.50. The maximum Gasteiger partial charge on any atom is 0.138 e. The van der Waals surface area contributed by atoms with Gasteiger partial charge in [0.2, 0.25) is 0 Å². The molecule has 3 aromatic heterocycles. The van der Waals surface area contributed by atoms with Crippen molar-refractivity contribution in [3.63, 3.8) is 0 Å². The van der Waals surface area contributed by atoms with E-state index in [0.717, 1.165) is 22.9 Å². The summed E-state index contributed by atoms with van der Waals surface area (Å²) in [5.41, 5.74) is 3.69. The first-order chi connectivity index (χ1) is 15.8. The molecule has 0 saturated heterocycles. The van der Waals surface area contributed by atoms with Crippen LogP contribution in [0, 0.1) is 6.07 Å². The Morgan fingerprint density at radius 1 is 0.667 bits per heavy atom. The third-order valence-electron chi connectivity index (χ3n) is 4.99. The number of para-hydroxylation sites is 2. The molecule has 2 aromatic carbocycles. The Bertz CT molecular complexity index is 1310. The topological polar surface area (TPSA) is 62.1 Å². The SMILES string of the molecule is Oc1ccccc1-c1[c-]c(-c2cccc(N(c3ccccc3)c3ccccn3)n2)ncc1.[Pt]. The minimum absolute atomic E-state index is 0. The summed E-state index contributed by atoms with van der Waals surface area (Å²) in [5.74, 6) is 1.69. The van der Waals surface area contributed by atoms with Gasteiger partial charge in [-0.1, -0.05) is 60.2 Å². The quantitative estimate of drug-likeness (QED) is 0.241. The van der Waals surface area contributed by atoms with Crippen molar-refractivity contribution < 1.29 is 26.2 Å². The van der Waals surface area contributed by atoms with Crippen LogP contribution in [0.5, 0.6) is 5.75 Å². The summed E-state index contributed by atoms with van der Waals surface area (Å²) in [7, 11) is 0. The number of rotatable bonds is 5. The summed E-state index contributed by atoms with van der Waals surface area (Å²) in [5, 5.41) is 10.2. The van der Waals surface area contributed by atoms with Crippen LogP contribution in [-0.2, 0) is 21.1 Å². The summed E-state index contributed by atoms with van der Waals surface area (Å²) >= 11 is 0. The molecule has 0 aliphatic heterocycles. The number of aromatic hydroxyl groups is 1. The number of nitrogens with zero attached hydrogens (tertiary/aromatic N) is 4. The molecule has 6 heteroatoms. The molecule has 164 valence electrons. The molecule has 5 rings (SSSR count). The van der Waals surface area contributed by atoms with E-state index in [1.54, 1.807) is 24.5 Å². The van der Waals surface area contributed by atoms with Gasteiger partial charge in [0.1, 0.15) is 11.6 Å². The third kappa shape index (κ3) is 4.84. The van der Waals surface area contributed by atoms with Crippen molar-refractivity contribution >= 4 is 17.3 Å². The zero-order valence-corrected chi connectivity index (χ0v) is 19.7. The average molecular weight is 611 g/mol. The van der Waals surface area contributed by atoms with Crippen molar-refractivity contribution in [3.8, 4) is 28.3 Å². The van der Waals surface area contributed by atoms with Crippen LogP contribution in [0.2, 0.25) is 0 Å². The van der Waals surface area contributed by atoms with Crippen molar-refractivity contribution in [1.29, 1.82) is 0 Å². The van der Waals surface area contributed by atoms with E-state index in [1.807, 2.05) is 89.8 Å². The molecule has 5 nitrogen and oxygen atoms in total. The van der Waals surface area contributed by atoms with Crippen LogP contribution in [-0.4, -0.2) is 20.1 Å². The van der Waals surface area contributed by atoms with E-state index in [4.69, 9.17) is 4.98 Å². The second-order valence-corrected chi connectivity index (χ2v) is 7.09. The van der Waals surface area contributed by atoms with Gasteiger partial charge in [0.05, 0.1) is 5.75 Å². The molecule has 33 heavy (non-hydrogen) atoms. The van der Waals surface area contributed by atoms with Gasteiger partial charge in [-0.3, -0.25) is 14.9 Å². The largest absolute Gasteiger partial charge is 0.517 e. The molecule has 0 spiro atoms. The van der Waals surface area contributed by atoms with Crippen LogP contribution in [0.15, 0.2) is 109 Å². The maximum absolute atomic E-state index is 10.2. The van der Waals surface area contributed by atoms with E-state index in [0.29, 0.717) is 17.0 Å². The van der Waals surface area contributed by atoms with Crippen LogP contribution in [0.4, 0.5) is 17.3 Å². The minimum atomic E-state index is 0. The van der Waals surface area contributed by atoms with Crippen molar-refractivity contribution in [2.75, 3.05) is 4.90 Å². The molecule has 0 radical (unpaired) electrons. The van der Waals surface area contributed by atoms with E-state index < -0.39 is 0 Å². The normalized spacial score (nSPS) is 10.3. The summed E-state index contributed by atoms with van der Waals surface area (Å²) in [6.07, 6.45) is 3.47. The number of anilines is 3. The minimum Gasteiger partial charge on any atom is -0.517 e. The molecule has 0 amide bonds. The predicted molar refractivity (Wildman–Crippen MR) is 126 cm³/mol. The Kier molecular flexibility index (Phi) is 6.91. The van der Waals surface area contributed by atoms with Gasteiger partial charge in [-0.15, -0.1) is 17.7 Å². The van der Waals surface area contributed by atoms with Crippen LogP contribution in [0.3, 0.4) is 0 Å². The van der Waals surface area contributed by atoms with E-state index >= 15 is 0 Å². The number of hydrogen-bond acceptors (Lipinski definition) is 5. The fraction of sp³-hybridized carbons (Fsp3) is 0. The van der Waals surface area contributed by atoms with Gasteiger partial charge in [0.15, 0.2) is 0 Å². The number of aromatic nitrogens is 3. The smallest absolute Gasteiger partial charge is 0.138 e. The fourth-order valence-electron chi connectivity index (χ4n) is 3.50. The third-order valence-corrected chi connectivity index (χ3v) is 4.99. The van der Waals surface area contributed by atoms with Gasteiger partial charge in [-0.05, 0) is 42.6 Å². The van der Waals surface area contributed by atoms with Gasteiger partial charge < -0.3 is 5.11 Å². The first-order valence-electron chi connectivity index (χ1n) is 10.2. The molecule has 0 unspecified atom stereocenters. The second-order valence-electron chi connectivity index (χ2n) is 7.09. The Morgan fingerprint density at radius 3 is 2.21 bits per heavy atom. The number of phenols is 1. The molecular formula is C27H19N4OPt-. The van der Waals surface area contributed by atoms with E-state index in [2.05, 4.69) is 16.0 Å². The van der Waals surface area contributed by atoms with Gasteiger partial charge >= 0.3 is 0 Å². The van der Waals surface area contributed by atoms with Crippen LogP contribution < -0.4 is 4.90 Å². The monoisotopic (exact) mass is 610 g/mol. The summed E-state index contributed by atoms with van der Waals surface area (Å²) < 4.78 is 0. The van der Waals surface area contributed by atoms with Crippen LogP contribution in [0.1, 0.15) is 0 Å².